The number of hydrogen-bond donors (Lipinski definition) is 1. The van der Waals surface area contributed by atoms with Crippen LogP contribution in [0.1, 0.15) is 12.5 Å². The third-order valence-corrected chi connectivity index (χ3v) is 5.97. The Morgan fingerprint density at radius 1 is 1.22 bits per heavy atom. The Morgan fingerprint density at radius 3 is 2.70 bits per heavy atom. The van der Waals surface area contributed by atoms with Gasteiger partial charge in [-0.1, -0.05) is 23.8 Å². The summed E-state index contributed by atoms with van der Waals surface area (Å²) in [4.78, 5) is 19.0. The molecule has 0 aliphatic carbocycles. The van der Waals surface area contributed by atoms with Crippen molar-refractivity contribution in [2.24, 2.45) is 0 Å². The topological polar surface area (TPSA) is 42.0 Å². The minimum absolute atomic E-state index is 0.0253. The number of benzene rings is 1. The summed E-state index contributed by atoms with van der Waals surface area (Å²) in [6.45, 7) is 3.96. The first-order chi connectivity index (χ1) is 11.1. The van der Waals surface area contributed by atoms with Crippen molar-refractivity contribution in [2.45, 2.75) is 24.0 Å². The number of thiazole rings is 1. The molecular weight excluding hydrogens is 344 g/mol. The molecule has 0 radical (unpaired) electrons. The fraction of sp³-hybridized carbons (Fsp3) is 0.176. The number of aryl methyl sites for hydroxylation is 1. The molecule has 0 bridgehead atoms. The smallest absolute Gasteiger partial charge is 0.239 e. The molecule has 2 aromatic heterocycles. The van der Waals surface area contributed by atoms with Crippen molar-refractivity contribution >= 4 is 45.5 Å². The first kappa shape index (κ1) is 16.2. The summed E-state index contributed by atoms with van der Waals surface area (Å²) in [6.07, 6.45) is 0. The predicted octanol–water partition coefficient (Wildman–Crippen LogP) is 5.30. The maximum Gasteiger partial charge on any atom is 0.239 e. The Balaban J connectivity index is 1.61. The monoisotopic (exact) mass is 360 g/mol. The molecule has 23 heavy (non-hydrogen) atoms. The van der Waals surface area contributed by atoms with Gasteiger partial charge in [0.2, 0.25) is 5.91 Å². The normalized spacial score (nSPS) is 12.1. The zero-order valence-corrected chi connectivity index (χ0v) is 15.2. The van der Waals surface area contributed by atoms with Crippen molar-refractivity contribution < 1.29 is 4.79 Å². The van der Waals surface area contributed by atoms with Crippen LogP contribution in [0, 0.1) is 6.92 Å². The molecule has 1 aromatic carbocycles. The highest BCUT2D eigenvalue weighted by molar-refractivity contribution is 8.00. The van der Waals surface area contributed by atoms with Crippen LogP contribution in [0.4, 0.5) is 5.13 Å². The Labute approximate surface area is 147 Å². The second kappa shape index (κ2) is 7.29. The van der Waals surface area contributed by atoms with Crippen molar-refractivity contribution in [1.29, 1.82) is 0 Å². The van der Waals surface area contributed by atoms with Crippen LogP contribution in [0.3, 0.4) is 0 Å². The number of anilines is 1. The van der Waals surface area contributed by atoms with Gasteiger partial charge in [-0.25, -0.2) is 4.98 Å². The van der Waals surface area contributed by atoms with E-state index in [-0.39, 0.29) is 11.2 Å². The van der Waals surface area contributed by atoms with Gasteiger partial charge in [0.15, 0.2) is 5.13 Å². The number of thioether (sulfide) groups is 1. The van der Waals surface area contributed by atoms with Crippen LogP contribution < -0.4 is 5.32 Å². The van der Waals surface area contributed by atoms with Crippen LogP contribution in [-0.4, -0.2) is 16.1 Å². The van der Waals surface area contributed by atoms with E-state index in [9.17, 15) is 4.79 Å². The second-order valence-electron chi connectivity index (χ2n) is 5.08. The lowest BCUT2D eigenvalue weighted by Crippen LogP contribution is -2.22. The van der Waals surface area contributed by atoms with Gasteiger partial charge < -0.3 is 5.32 Å². The lowest BCUT2D eigenvalue weighted by molar-refractivity contribution is -0.115. The Hall–Kier alpha value is -1.63. The standard InChI is InChI=1S/C17H16N2OS3/c1-11-5-7-13(8-6-11)23-12(2)16(20)19-17-18-14(10-22-17)15-4-3-9-21-15/h3-10,12H,1-2H3,(H,18,19,20). The zero-order valence-electron chi connectivity index (χ0n) is 12.8. The molecule has 118 valence electrons. The largest absolute Gasteiger partial charge is 0.301 e. The summed E-state index contributed by atoms with van der Waals surface area (Å²) in [5, 5.41) is 7.37. The fourth-order valence-electron chi connectivity index (χ4n) is 1.95. The van der Waals surface area contributed by atoms with Crippen LogP contribution in [0.15, 0.2) is 52.1 Å². The van der Waals surface area contributed by atoms with Crippen LogP contribution in [0.5, 0.6) is 0 Å². The fourth-order valence-corrected chi connectivity index (χ4v) is 4.29. The highest BCUT2D eigenvalue weighted by Crippen LogP contribution is 2.29. The summed E-state index contributed by atoms with van der Waals surface area (Å²) >= 11 is 4.65. The SMILES string of the molecule is Cc1ccc(SC(C)C(=O)Nc2nc(-c3cccs3)cs2)cc1. The van der Waals surface area contributed by atoms with Gasteiger partial charge in [-0.15, -0.1) is 34.4 Å². The van der Waals surface area contributed by atoms with E-state index in [1.807, 2.05) is 41.9 Å². The molecule has 0 fully saturated rings. The molecule has 1 atom stereocenters. The van der Waals surface area contributed by atoms with Crippen LogP contribution in [0.2, 0.25) is 0 Å². The molecule has 2 heterocycles. The van der Waals surface area contributed by atoms with Crippen molar-refractivity contribution in [3.63, 3.8) is 0 Å². The minimum Gasteiger partial charge on any atom is -0.301 e. The minimum atomic E-state index is -0.174. The number of amides is 1. The van der Waals surface area contributed by atoms with Crippen molar-refractivity contribution in [1.82, 2.24) is 4.98 Å². The molecule has 1 amide bonds. The van der Waals surface area contributed by atoms with E-state index in [0.717, 1.165) is 15.5 Å². The first-order valence-electron chi connectivity index (χ1n) is 7.15. The summed E-state index contributed by atoms with van der Waals surface area (Å²) < 4.78 is 0. The van der Waals surface area contributed by atoms with Crippen LogP contribution in [-0.2, 0) is 4.79 Å². The van der Waals surface area contributed by atoms with Crippen molar-refractivity contribution in [3.05, 3.63) is 52.7 Å². The Bertz CT molecular complexity index is 779. The molecule has 0 spiro atoms. The van der Waals surface area contributed by atoms with Crippen molar-refractivity contribution in [2.75, 3.05) is 5.32 Å². The van der Waals surface area contributed by atoms with Gasteiger partial charge in [0.05, 0.1) is 15.8 Å². The average molecular weight is 361 g/mol. The van der Waals surface area contributed by atoms with Gasteiger partial charge in [-0.05, 0) is 37.4 Å². The number of carbonyl (C=O) groups is 1. The molecule has 3 nitrogen and oxygen atoms in total. The third-order valence-electron chi connectivity index (χ3n) is 3.21. The molecule has 3 aromatic rings. The number of nitrogens with zero attached hydrogens (tertiary/aromatic N) is 1. The molecule has 1 N–H and O–H groups in total. The number of nitrogens with one attached hydrogen (secondary N) is 1. The van der Waals surface area contributed by atoms with Gasteiger partial charge in [-0.3, -0.25) is 4.79 Å². The molecule has 3 rings (SSSR count). The second-order valence-corrected chi connectivity index (χ2v) is 8.30. The van der Waals surface area contributed by atoms with E-state index in [2.05, 4.69) is 29.4 Å². The average Bonchev–Trinajstić information content (AvgIpc) is 3.20. The van der Waals surface area contributed by atoms with E-state index in [1.54, 1.807) is 23.1 Å². The molecule has 1 unspecified atom stereocenters. The van der Waals surface area contributed by atoms with E-state index in [4.69, 9.17) is 0 Å². The van der Waals surface area contributed by atoms with Crippen molar-refractivity contribution in [3.8, 4) is 10.6 Å². The number of rotatable bonds is 5. The quantitative estimate of drug-likeness (QED) is 0.628. The molecule has 0 saturated carbocycles. The van der Waals surface area contributed by atoms with Gasteiger partial charge >= 0.3 is 0 Å². The Morgan fingerprint density at radius 2 is 2.00 bits per heavy atom. The molecule has 6 heteroatoms. The number of hydrogen-bond acceptors (Lipinski definition) is 5. The third kappa shape index (κ3) is 4.22. The molecule has 0 saturated heterocycles. The number of thiophene rings is 1. The van der Waals surface area contributed by atoms with E-state index in [1.165, 1.54) is 16.9 Å². The summed E-state index contributed by atoms with van der Waals surface area (Å²) in [5.74, 6) is -0.0253. The van der Waals surface area contributed by atoms with E-state index in [0.29, 0.717) is 5.13 Å². The van der Waals surface area contributed by atoms with Crippen LogP contribution in [0.25, 0.3) is 10.6 Å². The lowest BCUT2D eigenvalue weighted by atomic mass is 10.2. The summed E-state index contributed by atoms with van der Waals surface area (Å²) in [6, 6.07) is 12.2. The maximum atomic E-state index is 12.3. The number of aromatic nitrogens is 1. The van der Waals surface area contributed by atoms with E-state index < -0.39 is 0 Å². The first-order valence-corrected chi connectivity index (χ1v) is 9.79. The summed E-state index contributed by atoms with van der Waals surface area (Å²) in [5.41, 5.74) is 2.13. The maximum absolute atomic E-state index is 12.3. The van der Waals surface area contributed by atoms with Gasteiger partial charge in [0.1, 0.15) is 0 Å². The van der Waals surface area contributed by atoms with Gasteiger partial charge in [0.25, 0.3) is 0 Å². The number of carbonyl (C=O) groups excluding carboxylic acids is 1. The highest BCUT2D eigenvalue weighted by Gasteiger charge is 2.16. The highest BCUT2D eigenvalue weighted by atomic mass is 32.2. The zero-order chi connectivity index (χ0) is 16.2. The predicted molar refractivity (Wildman–Crippen MR) is 101 cm³/mol. The van der Waals surface area contributed by atoms with Gasteiger partial charge in [0, 0.05) is 10.3 Å². The van der Waals surface area contributed by atoms with E-state index >= 15 is 0 Å². The molecular formula is C17H16N2OS3. The summed E-state index contributed by atoms with van der Waals surface area (Å²) in [7, 11) is 0. The Kier molecular flexibility index (Phi) is 5.15. The molecule has 0 aliphatic heterocycles. The molecule has 0 aliphatic rings. The van der Waals surface area contributed by atoms with Gasteiger partial charge in [-0.2, -0.15) is 0 Å². The lowest BCUT2D eigenvalue weighted by Gasteiger charge is -2.10. The van der Waals surface area contributed by atoms with Crippen LogP contribution >= 0.6 is 34.4 Å².